The molecule has 0 bridgehead atoms. The van der Waals surface area contributed by atoms with Crippen LogP contribution in [0.25, 0.3) is 0 Å². The maximum absolute atomic E-state index is 13.7. The van der Waals surface area contributed by atoms with Gasteiger partial charge in [-0.25, -0.2) is 4.79 Å². The maximum atomic E-state index is 13.7. The fraction of sp³-hybridized carbons (Fsp3) is 0.447. The van der Waals surface area contributed by atoms with Gasteiger partial charge in [-0.1, -0.05) is 156 Å². The van der Waals surface area contributed by atoms with E-state index < -0.39 is 24.1 Å². The number of benzene rings is 3. The lowest BCUT2D eigenvalue weighted by atomic mass is 10.0. The Morgan fingerprint density at radius 3 is 1.51 bits per heavy atom. The molecule has 3 amide bonds. The van der Waals surface area contributed by atoms with Crippen LogP contribution in [0, 0.1) is 0 Å². The third-order valence-corrected chi connectivity index (χ3v) is 7.85. The minimum absolute atomic E-state index is 0.0876. The van der Waals surface area contributed by atoms with Crippen molar-refractivity contribution in [1.29, 1.82) is 0 Å². The molecule has 3 aromatic rings. The lowest BCUT2D eigenvalue weighted by molar-refractivity contribution is -0.130. The maximum Gasteiger partial charge on any atom is 0.408 e. The van der Waals surface area contributed by atoms with Crippen molar-refractivity contribution < 1.29 is 19.1 Å². The Hall–Kier alpha value is -4.13. The minimum Gasteiger partial charge on any atom is -0.445 e. The molecular formula is C38H51N3O4. The van der Waals surface area contributed by atoms with Crippen LogP contribution in [-0.4, -0.2) is 36.5 Å². The van der Waals surface area contributed by atoms with E-state index in [1.807, 2.05) is 91.0 Å². The monoisotopic (exact) mass is 613 g/mol. The van der Waals surface area contributed by atoms with Crippen LogP contribution in [0.3, 0.4) is 0 Å². The highest BCUT2D eigenvalue weighted by molar-refractivity contribution is 5.91. The molecule has 0 saturated heterocycles. The number of ether oxygens (including phenoxy) is 1. The van der Waals surface area contributed by atoms with Crippen molar-refractivity contribution in [1.82, 2.24) is 16.0 Å². The summed E-state index contributed by atoms with van der Waals surface area (Å²) in [6, 6.07) is 26.8. The van der Waals surface area contributed by atoms with E-state index >= 15 is 0 Å². The zero-order valence-corrected chi connectivity index (χ0v) is 26.8. The summed E-state index contributed by atoms with van der Waals surface area (Å²) in [4.78, 5) is 39.8. The van der Waals surface area contributed by atoms with Crippen LogP contribution in [0.4, 0.5) is 4.79 Å². The van der Waals surface area contributed by atoms with Gasteiger partial charge in [-0.05, 0) is 23.1 Å². The largest absolute Gasteiger partial charge is 0.445 e. The molecular weight excluding hydrogens is 562 g/mol. The van der Waals surface area contributed by atoms with E-state index in [1.165, 1.54) is 51.4 Å². The SMILES string of the molecule is CCCCCCCCCCCCNC(=O)[C@H](Cc1ccccc1)NC(=O)[C@H](Cc1ccccc1)NC(=O)OCc1ccccc1. The van der Waals surface area contributed by atoms with Gasteiger partial charge in [0.25, 0.3) is 0 Å². The first-order valence-corrected chi connectivity index (χ1v) is 16.7. The molecule has 0 fully saturated rings. The smallest absolute Gasteiger partial charge is 0.408 e. The summed E-state index contributed by atoms with van der Waals surface area (Å²) in [5.74, 6) is -0.668. The molecule has 0 saturated carbocycles. The molecule has 0 heterocycles. The van der Waals surface area contributed by atoms with Crippen LogP contribution < -0.4 is 16.0 Å². The van der Waals surface area contributed by atoms with Crippen LogP contribution in [0.15, 0.2) is 91.0 Å². The zero-order chi connectivity index (χ0) is 32.0. The fourth-order valence-electron chi connectivity index (χ4n) is 5.24. The molecule has 45 heavy (non-hydrogen) atoms. The van der Waals surface area contributed by atoms with Gasteiger partial charge in [0.15, 0.2) is 0 Å². The number of hydrogen-bond acceptors (Lipinski definition) is 4. The Morgan fingerprint density at radius 2 is 1.00 bits per heavy atom. The zero-order valence-electron chi connectivity index (χ0n) is 26.8. The van der Waals surface area contributed by atoms with Gasteiger partial charge in [0, 0.05) is 19.4 Å². The molecule has 3 aromatic carbocycles. The molecule has 3 N–H and O–H groups in total. The van der Waals surface area contributed by atoms with Crippen molar-refractivity contribution in [2.24, 2.45) is 0 Å². The van der Waals surface area contributed by atoms with Gasteiger partial charge in [0.1, 0.15) is 18.7 Å². The molecule has 0 spiro atoms. The summed E-state index contributed by atoms with van der Waals surface area (Å²) in [6.45, 7) is 2.89. The van der Waals surface area contributed by atoms with Crippen molar-refractivity contribution in [2.45, 2.75) is 103 Å². The Kier molecular flexibility index (Phi) is 16.9. The van der Waals surface area contributed by atoms with Gasteiger partial charge in [-0.3, -0.25) is 9.59 Å². The normalized spacial score (nSPS) is 12.1. The molecule has 0 unspecified atom stereocenters. The quantitative estimate of drug-likeness (QED) is 0.110. The molecule has 7 nitrogen and oxygen atoms in total. The predicted molar refractivity (Wildman–Crippen MR) is 181 cm³/mol. The number of amides is 3. The molecule has 242 valence electrons. The first-order chi connectivity index (χ1) is 22.0. The van der Waals surface area contributed by atoms with Crippen LogP contribution >= 0.6 is 0 Å². The van der Waals surface area contributed by atoms with Crippen molar-refractivity contribution in [3.63, 3.8) is 0 Å². The Balaban J connectivity index is 1.56. The second-order valence-corrected chi connectivity index (χ2v) is 11.7. The van der Waals surface area contributed by atoms with Gasteiger partial charge in [-0.15, -0.1) is 0 Å². The highest BCUT2D eigenvalue weighted by Crippen LogP contribution is 2.11. The minimum atomic E-state index is -0.927. The average molecular weight is 614 g/mol. The number of carbonyl (C=O) groups is 3. The summed E-state index contributed by atoms with van der Waals surface area (Å²) in [7, 11) is 0. The van der Waals surface area contributed by atoms with Crippen molar-refractivity contribution >= 4 is 17.9 Å². The van der Waals surface area contributed by atoms with Gasteiger partial charge >= 0.3 is 6.09 Å². The first kappa shape index (κ1) is 35.4. The topological polar surface area (TPSA) is 96.5 Å². The summed E-state index contributed by atoms with van der Waals surface area (Å²) in [5.41, 5.74) is 2.66. The van der Waals surface area contributed by atoms with E-state index in [0.29, 0.717) is 13.0 Å². The van der Waals surface area contributed by atoms with E-state index in [0.717, 1.165) is 29.5 Å². The molecule has 3 rings (SSSR count). The number of alkyl carbamates (subject to hydrolysis) is 1. The Labute approximate surface area is 269 Å². The Bertz CT molecular complexity index is 1240. The second kappa shape index (κ2) is 21.6. The number of rotatable bonds is 21. The Morgan fingerprint density at radius 1 is 0.556 bits per heavy atom. The standard InChI is InChI=1S/C38H51N3O4/c1-2-3-4-5-6-7-8-9-10-20-27-39-36(42)34(28-31-21-14-11-15-22-31)40-37(43)35(29-32-23-16-12-17-24-32)41-38(44)45-30-33-25-18-13-19-26-33/h11-19,21-26,34-35H,2-10,20,27-30H2,1H3,(H,39,42)(H,40,43)(H,41,44)/t34-,35-/m0/s1. The first-order valence-electron chi connectivity index (χ1n) is 16.7. The third kappa shape index (κ3) is 14.9. The van der Waals surface area contributed by atoms with E-state index in [9.17, 15) is 14.4 Å². The average Bonchev–Trinajstić information content (AvgIpc) is 3.07. The number of carbonyl (C=O) groups excluding carboxylic acids is 3. The van der Waals surface area contributed by atoms with E-state index in [-0.39, 0.29) is 18.9 Å². The fourth-order valence-corrected chi connectivity index (χ4v) is 5.24. The predicted octanol–water partition coefficient (Wildman–Crippen LogP) is 7.29. The second-order valence-electron chi connectivity index (χ2n) is 11.7. The summed E-state index contributed by atoms with van der Waals surface area (Å²) >= 11 is 0. The molecule has 7 heteroatoms. The van der Waals surface area contributed by atoms with Crippen molar-refractivity contribution in [3.05, 3.63) is 108 Å². The summed E-state index contributed by atoms with van der Waals surface area (Å²) in [5, 5.41) is 8.70. The van der Waals surface area contributed by atoms with Gasteiger partial charge < -0.3 is 20.7 Å². The third-order valence-electron chi connectivity index (χ3n) is 7.85. The van der Waals surface area contributed by atoms with Crippen molar-refractivity contribution in [2.75, 3.05) is 6.54 Å². The van der Waals surface area contributed by atoms with Crippen LogP contribution in [0.1, 0.15) is 87.8 Å². The molecule has 0 aliphatic rings. The van der Waals surface area contributed by atoms with Crippen LogP contribution in [-0.2, 0) is 33.8 Å². The highest BCUT2D eigenvalue weighted by atomic mass is 16.5. The molecule has 0 aromatic heterocycles. The van der Waals surface area contributed by atoms with Gasteiger partial charge in [-0.2, -0.15) is 0 Å². The molecule has 0 radical (unpaired) electrons. The van der Waals surface area contributed by atoms with E-state index in [4.69, 9.17) is 4.74 Å². The van der Waals surface area contributed by atoms with Crippen LogP contribution in [0.5, 0.6) is 0 Å². The number of hydrogen-bond donors (Lipinski definition) is 3. The molecule has 0 aliphatic carbocycles. The summed E-state index contributed by atoms with van der Waals surface area (Å²) in [6.07, 6.45) is 12.1. The van der Waals surface area contributed by atoms with Crippen LogP contribution in [0.2, 0.25) is 0 Å². The highest BCUT2D eigenvalue weighted by Gasteiger charge is 2.27. The molecule has 2 atom stereocenters. The van der Waals surface area contributed by atoms with Crippen molar-refractivity contribution in [3.8, 4) is 0 Å². The van der Waals surface area contributed by atoms with E-state index in [2.05, 4.69) is 22.9 Å². The van der Waals surface area contributed by atoms with E-state index in [1.54, 1.807) is 0 Å². The molecule has 0 aliphatic heterocycles. The van der Waals surface area contributed by atoms with Gasteiger partial charge in [0.05, 0.1) is 0 Å². The number of unbranched alkanes of at least 4 members (excludes halogenated alkanes) is 9. The lowest BCUT2D eigenvalue weighted by Crippen LogP contribution is -2.55. The number of nitrogens with one attached hydrogen (secondary N) is 3. The summed E-state index contributed by atoms with van der Waals surface area (Å²) < 4.78 is 5.41. The van der Waals surface area contributed by atoms with Gasteiger partial charge in [0.2, 0.25) is 11.8 Å². The lowest BCUT2D eigenvalue weighted by Gasteiger charge is -2.23.